The Balaban J connectivity index is 2.23. The van der Waals surface area contributed by atoms with Crippen molar-refractivity contribution < 1.29 is 18.7 Å². The van der Waals surface area contributed by atoms with E-state index in [9.17, 15) is 13.6 Å². The van der Waals surface area contributed by atoms with Crippen molar-refractivity contribution in [3.63, 3.8) is 0 Å². The van der Waals surface area contributed by atoms with Gasteiger partial charge in [-0.25, -0.2) is 8.78 Å². The zero-order valence-corrected chi connectivity index (χ0v) is 13.5. The molecule has 1 fully saturated rings. The molecule has 0 aromatic carbocycles. The monoisotopic (exact) mass is 336 g/mol. The van der Waals surface area contributed by atoms with Crippen LogP contribution in [0.3, 0.4) is 0 Å². The Morgan fingerprint density at radius 2 is 2.05 bits per heavy atom. The molecule has 21 heavy (non-hydrogen) atoms. The number of hydrogen-bond donors (Lipinski definition) is 1. The van der Waals surface area contributed by atoms with E-state index in [0.717, 1.165) is 30.6 Å². The van der Waals surface area contributed by atoms with Crippen molar-refractivity contribution in [3.05, 3.63) is 20.8 Å². The predicted molar refractivity (Wildman–Crippen MR) is 80.3 cm³/mol. The van der Waals surface area contributed by atoms with Crippen LogP contribution >= 0.6 is 22.9 Å². The summed E-state index contributed by atoms with van der Waals surface area (Å²) in [6, 6.07) is 1.42. The number of hydrogen-bond acceptors (Lipinski definition) is 2. The first-order valence-electron chi connectivity index (χ1n) is 7.10. The maximum absolute atomic E-state index is 14.6. The van der Waals surface area contributed by atoms with Crippen LogP contribution in [0.2, 0.25) is 4.34 Å². The summed E-state index contributed by atoms with van der Waals surface area (Å²) in [5, 5.41) is 9.08. The number of rotatable bonds is 5. The van der Waals surface area contributed by atoms with Gasteiger partial charge in [-0.1, -0.05) is 30.9 Å². The van der Waals surface area contributed by atoms with E-state index in [2.05, 4.69) is 0 Å². The third-order valence-electron chi connectivity index (χ3n) is 4.26. The second kappa shape index (κ2) is 6.21. The molecule has 6 heteroatoms. The summed E-state index contributed by atoms with van der Waals surface area (Å²) in [4.78, 5) is 11.0. The molecule has 2 nitrogen and oxygen atoms in total. The molecule has 118 valence electrons. The highest BCUT2D eigenvalue weighted by molar-refractivity contribution is 7.16. The van der Waals surface area contributed by atoms with E-state index in [1.165, 1.54) is 6.07 Å². The maximum Gasteiger partial charge on any atom is 0.303 e. The van der Waals surface area contributed by atoms with Crippen LogP contribution in [0.1, 0.15) is 55.4 Å². The third-order valence-corrected chi connectivity index (χ3v) is 5.92. The summed E-state index contributed by atoms with van der Waals surface area (Å²) >= 11 is 6.78. The minimum Gasteiger partial charge on any atom is -0.481 e. The van der Waals surface area contributed by atoms with Crippen LogP contribution < -0.4 is 0 Å². The van der Waals surface area contributed by atoms with Gasteiger partial charge in [0.1, 0.15) is 0 Å². The third kappa shape index (κ3) is 3.95. The summed E-state index contributed by atoms with van der Waals surface area (Å²) in [5.41, 5.74) is -0.148. The summed E-state index contributed by atoms with van der Waals surface area (Å²) < 4.78 is 29.6. The Bertz CT molecular complexity index is 502. The van der Waals surface area contributed by atoms with Crippen molar-refractivity contribution >= 4 is 28.9 Å². The number of carbonyl (C=O) groups is 1. The van der Waals surface area contributed by atoms with Crippen molar-refractivity contribution in [2.45, 2.75) is 57.8 Å². The molecular formula is C15H19ClF2O2S. The van der Waals surface area contributed by atoms with E-state index in [-0.39, 0.29) is 11.3 Å². The zero-order chi connectivity index (χ0) is 15.7. The first kappa shape index (κ1) is 16.7. The highest BCUT2D eigenvalue weighted by atomic mass is 35.5. The van der Waals surface area contributed by atoms with Gasteiger partial charge in [0.2, 0.25) is 0 Å². The lowest BCUT2D eigenvalue weighted by Gasteiger charge is -2.38. The molecular weight excluding hydrogens is 318 g/mol. The minimum atomic E-state index is -3.02. The van der Waals surface area contributed by atoms with E-state index in [0.29, 0.717) is 22.7 Å². The maximum atomic E-state index is 14.6. The van der Waals surface area contributed by atoms with Crippen LogP contribution in [0.15, 0.2) is 6.07 Å². The van der Waals surface area contributed by atoms with Gasteiger partial charge in [-0.15, -0.1) is 11.3 Å². The van der Waals surface area contributed by atoms with E-state index >= 15 is 0 Å². The van der Waals surface area contributed by atoms with Gasteiger partial charge in [0.15, 0.2) is 0 Å². The van der Waals surface area contributed by atoms with Gasteiger partial charge in [0.25, 0.3) is 5.92 Å². The van der Waals surface area contributed by atoms with Crippen molar-refractivity contribution in [1.29, 1.82) is 0 Å². The first-order chi connectivity index (χ1) is 9.74. The quantitative estimate of drug-likeness (QED) is 0.758. The van der Waals surface area contributed by atoms with Crippen molar-refractivity contribution in [2.75, 3.05) is 0 Å². The first-order valence-corrected chi connectivity index (χ1v) is 8.30. The molecule has 1 aromatic rings. The molecule has 0 amide bonds. The molecule has 1 heterocycles. The molecule has 0 aliphatic heterocycles. The summed E-state index contributed by atoms with van der Waals surface area (Å²) in [6.07, 6.45) is 3.20. The SMILES string of the molecule is Cc1cc(C(F)(F)CC2(CC(=O)O)CCCCC2)sc1Cl. The molecule has 0 atom stereocenters. The van der Waals surface area contributed by atoms with Crippen LogP contribution in [-0.4, -0.2) is 11.1 Å². The molecule has 1 N–H and O–H groups in total. The number of thiophene rings is 1. The van der Waals surface area contributed by atoms with Crippen LogP contribution in [0.25, 0.3) is 0 Å². The Labute approximate surface area is 132 Å². The summed E-state index contributed by atoms with van der Waals surface area (Å²) in [5.74, 6) is -4.01. The summed E-state index contributed by atoms with van der Waals surface area (Å²) in [6.45, 7) is 1.70. The molecule has 1 aromatic heterocycles. The van der Waals surface area contributed by atoms with Crippen LogP contribution in [0, 0.1) is 12.3 Å². The summed E-state index contributed by atoms with van der Waals surface area (Å²) in [7, 11) is 0. The lowest BCUT2D eigenvalue weighted by atomic mass is 9.68. The fourth-order valence-electron chi connectivity index (χ4n) is 3.24. The number of carboxylic acid groups (broad SMARTS) is 1. The van der Waals surface area contributed by atoms with Gasteiger partial charge in [0, 0.05) is 6.42 Å². The van der Waals surface area contributed by atoms with Gasteiger partial charge in [-0.2, -0.15) is 0 Å². The lowest BCUT2D eigenvalue weighted by molar-refractivity contribution is -0.143. The van der Waals surface area contributed by atoms with E-state index in [4.69, 9.17) is 16.7 Å². The van der Waals surface area contributed by atoms with E-state index in [1.807, 2.05) is 0 Å². The molecule has 2 rings (SSSR count). The largest absolute Gasteiger partial charge is 0.481 e. The Hall–Kier alpha value is -0.680. The number of aryl methyl sites for hydroxylation is 1. The van der Waals surface area contributed by atoms with Gasteiger partial charge in [0.05, 0.1) is 15.6 Å². The molecule has 0 saturated heterocycles. The zero-order valence-electron chi connectivity index (χ0n) is 11.9. The average Bonchev–Trinajstić information content (AvgIpc) is 2.69. The molecule has 1 saturated carbocycles. The van der Waals surface area contributed by atoms with E-state index < -0.39 is 23.7 Å². The smallest absolute Gasteiger partial charge is 0.303 e. The van der Waals surface area contributed by atoms with Crippen LogP contribution in [0.5, 0.6) is 0 Å². The fourth-order valence-corrected chi connectivity index (χ4v) is 4.41. The van der Waals surface area contributed by atoms with Crippen LogP contribution in [-0.2, 0) is 10.7 Å². The fraction of sp³-hybridized carbons (Fsp3) is 0.667. The number of alkyl halides is 2. The van der Waals surface area contributed by atoms with Gasteiger partial charge in [-0.05, 0) is 36.8 Å². The molecule has 0 unspecified atom stereocenters. The highest BCUT2D eigenvalue weighted by Crippen LogP contribution is 2.51. The second-order valence-corrected chi connectivity index (χ2v) is 7.73. The topological polar surface area (TPSA) is 37.3 Å². The predicted octanol–water partition coefficient (Wildman–Crippen LogP) is 5.62. The van der Waals surface area contributed by atoms with Crippen LogP contribution in [0.4, 0.5) is 8.78 Å². The van der Waals surface area contributed by atoms with Crippen molar-refractivity contribution in [1.82, 2.24) is 0 Å². The standard InChI is InChI=1S/C15H19ClF2O2S/c1-10-7-11(21-13(10)16)15(17,18)9-14(8-12(19)20)5-3-2-4-6-14/h7H,2-6,8-9H2,1H3,(H,19,20). The molecule has 0 radical (unpaired) electrons. The molecule has 1 aliphatic rings. The van der Waals surface area contributed by atoms with Gasteiger partial charge >= 0.3 is 5.97 Å². The molecule has 0 spiro atoms. The molecule has 0 bridgehead atoms. The Morgan fingerprint density at radius 1 is 1.43 bits per heavy atom. The van der Waals surface area contributed by atoms with E-state index in [1.54, 1.807) is 6.92 Å². The Morgan fingerprint density at radius 3 is 2.52 bits per heavy atom. The van der Waals surface area contributed by atoms with Crippen molar-refractivity contribution in [2.24, 2.45) is 5.41 Å². The van der Waals surface area contributed by atoms with Crippen molar-refractivity contribution in [3.8, 4) is 0 Å². The van der Waals surface area contributed by atoms with Gasteiger partial charge in [-0.3, -0.25) is 4.79 Å². The normalized spacial score (nSPS) is 18.7. The Kier molecular flexibility index (Phi) is 4.93. The minimum absolute atomic E-state index is 0.0552. The second-order valence-electron chi connectivity index (χ2n) is 6.08. The lowest BCUT2D eigenvalue weighted by Crippen LogP contribution is -2.33. The number of halogens is 3. The van der Waals surface area contributed by atoms with Gasteiger partial charge < -0.3 is 5.11 Å². The average molecular weight is 337 g/mol. The highest BCUT2D eigenvalue weighted by Gasteiger charge is 2.45. The number of carboxylic acids is 1. The molecule has 1 aliphatic carbocycles. The number of aliphatic carboxylic acids is 1.